The van der Waals surface area contributed by atoms with Crippen molar-refractivity contribution >= 4 is 17.9 Å². The minimum atomic E-state index is -1.53. The molecule has 9 heteroatoms. The smallest absolute Gasteiger partial charge is 0.361 e. The highest BCUT2D eigenvalue weighted by molar-refractivity contribution is 5.71. The topological polar surface area (TPSA) is 108 Å². The number of unbranched alkanes of at least 4 members (excludes halogenated alkanes) is 30. The molecule has 0 aromatic heterocycles. The van der Waals surface area contributed by atoms with Crippen LogP contribution in [0.4, 0.5) is 0 Å². The summed E-state index contributed by atoms with van der Waals surface area (Å²) in [6.07, 6.45) is 104. The second kappa shape index (κ2) is 73.0. The summed E-state index contributed by atoms with van der Waals surface area (Å²) in [6, 6.07) is 0. The largest absolute Gasteiger partial charge is 0.477 e. The number of likely N-dealkylation sites (N-methyl/N-ethyl adjacent to an activating group) is 1. The van der Waals surface area contributed by atoms with E-state index in [1.54, 1.807) is 0 Å². The fraction of sp³-hybridized carbons (Fsp3) is 0.679. The Morgan fingerprint density at radius 1 is 0.333 bits per heavy atom. The van der Waals surface area contributed by atoms with Crippen molar-refractivity contribution < 1.29 is 42.9 Å². The van der Waals surface area contributed by atoms with Crippen LogP contribution >= 0.6 is 0 Å². The SMILES string of the molecule is CC/C=C\C/C=C\C/C=C\C/C=C\C/C=C\C/C=C\C/C=C\C/C=C\C/C=C\CCCCCC(=O)OC(COC(=O)CCCCCCCCCCCCCCCCCCCCCCCC/C=C\C/C=C\C/C=C\CCCCCCC)COC(OCC[N+](C)(C)C)C(=O)O. The summed E-state index contributed by atoms with van der Waals surface area (Å²) in [4.78, 5) is 37.7. The fourth-order valence-electron chi connectivity index (χ4n) is 10.3. The minimum Gasteiger partial charge on any atom is -0.477 e. The number of allylic oxidation sites excluding steroid dienone is 24. The molecule has 0 amide bonds. The summed E-state index contributed by atoms with van der Waals surface area (Å²) in [5, 5.41) is 9.76. The van der Waals surface area contributed by atoms with Crippen molar-refractivity contribution in [3.63, 3.8) is 0 Å². The maximum Gasteiger partial charge on any atom is 0.361 e. The summed E-state index contributed by atoms with van der Waals surface area (Å²) in [6.45, 7) is 4.72. The zero-order valence-corrected chi connectivity index (χ0v) is 60.6. The normalized spacial score (nSPS) is 13.5. The number of quaternary nitrogens is 1. The Morgan fingerprint density at radius 3 is 0.925 bits per heavy atom. The lowest BCUT2D eigenvalue weighted by molar-refractivity contribution is -0.870. The third-order valence-electron chi connectivity index (χ3n) is 16.1. The second-order valence-electron chi connectivity index (χ2n) is 26.2. The van der Waals surface area contributed by atoms with Gasteiger partial charge in [0.25, 0.3) is 6.29 Å². The number of rotatable bonds is 69. The van der Waals surface area contributed by atoms with E-state index in [0.29, 0.717) is 17.4 Å². The second-order valence-corrected chi connectivity index (χ2v) is 26.2. The molecule has 0 spiro atoms. The monoisotopic (exact) mass is 1290 g/mol. The molecule has 0 saturated carbocycles. The van der Waals surface area contributed by atoms with Crippen LogP contribution in [0.3, 0.4) is 0 Å². The van der Waals surface area contributed by atoms with Crippen LogP contribution < -0.4 is 0 Å². The lowest BCUT2D eigenvalue weighted by Crippen LogP contribution is -2.40. The predicted molar refractivity (Wildman–Crippen MR) is 400 cm³/mol. The van der Waals surface area contributed by atoms with Crippen LogP contribution in [0.1, 0.15) is 309 Å². The summed E-state index contributed by atoms with van der Waals surface area (Å²) in [5.74, 6) is -2.05. The number of nitrogens with zero attached hydrogens (tertiary/aromatic N) is 1. The van der Waals surface area contributed by atoms with Gasteiger partial charge in [0.2, 0.25) is 0 Å². The van der Waals surface area contributed by atoms with E-state index in [4.69, 9.17) is 18.9 Å². The molecule has 0 heterocycles. The molecule has 0 aliphatic carbocycles. The third-order valence-corrected chi connectivity index (χ3v) is 16.1. The highest BCUT2D eigenvalue weighted by atomic mass is 16.7. The van der Waals surface area contributed by atoms with Crippen LogP contribution in [0.15, 0.2) is 146 Å². The summed E-state index contributed by atoms with van der Waals surface area (Å²) in [5.41, 5.74) is 0. The van der Waals surface area contributed by atoms with Gasteiger partial charge >= 0.3 is 17.9 Å². The Kier molecular flexibility index (Phi) is 69.2. The highest BCUT2D eigenvalue weighted by Gasteiger charge is 2.25. The molecular weight excluding hydrogens is 1150 g/mol. The minimum absolute atomic E-state index is 0.174. The molecule has 0 fully saturated rings. The average Bonchev–Trinajstić information content (AvgIpc) is 3.38. The molecule has 0 aromatic carbocycles. The van der Waals surface area contributed by atoms with Gasteiger partial charge in [-0.3, -0.25) is 9.59 Å². The third kappa shape index (κ3) is 74.4. The Hall–Kier alpha value is -4.83. The van der Waals surface area contributed by atoms with Crippen molar-refractivity contribution in [3.05, 3.63) is 146 Å². The van der Waals surface area contributed by atoms with Crippen molar-refractivity contribution in [3.8, 4) is 0 Å². The quantitative estimate of drug-likeness (QED) is 0.0211. The maximum absolute atomic E-state index is 12.9. The van der Waals surface area contributed by atoms with E-state index < -0.39 is 24.3 Å². The summed E-state index contributed by atoms with van der Waals surface area (Å²) in [7, 11) is 5.96. The van der Waals surface area contributed by atoms with E-state index in [2.05, 4.69) is 160 Å². The van der Waals surface area contributed by atoms with Crippen LogP contribution in [0.25, 0.3) is 0 Å². The standard InChI is InChI=1S/C84H141NO8/c1-6-8-10-12-14-16-18-20-22-24-26-28-30-32-34-36-38-39-40-41-42-43-45-46-48-50-52-54-56-58-60-62-64-66-68-70-72-74-81(86)91-78-80(79-92-84(83(88)89)90-77-76-85(3,4)5)93-82(87)75-73-71-69-67-65-63-61-59-57-55-53-51-49-47-44-37-35-33-31-29-27-25-23-21-19-17-15-13-11-9-7-2/h9,11,15,17-18,20-21,23-24,26-27,29-30,32-33,35,44,47,51,53,57,59,63,65,80,84H,6-8,10,12-14,16,19,22,25,28,31,34,36-43,45-46,48-50,52,54-56,58,60-62,64,66-79H2,1-5H3/p+1/b11-9-,17-15-,20-18-,23-21-,26-24-,29-27-,32-30-,35-33-,47-44-,53-51-,59-57-,65-63-. The number of hydrogen-bond acceptors (Lipinski definition) is 7. The molecule has 2 atom stereocenters. The Balaban J connectivity index is 4.13. The number of carboxylic acids is 1. The van der Waals surface area contributed by atoms with Crippen LogP contribution in [-0.2, 0) is 33.3 Å². The van der Waals surface area contributed by atoms with E-state index in [0.717, 1.165) is 109 Å². The van der Waals surface area contributed by atoms with Gasteiger partial charge in [0, 0.05) is 12.8 Å². The van der Waals surface area contributed by atoms with Gasteiger partial charge in [-0.05, 0) is 122 Å². The van der Waals surface area contributed by atoms with Crippen LogP contribution in [-0.4, -0.2) is 87.4 Å². The Labute approximate surface area is 572 Å². The average molecular weight is 1290 g/mol. The molecule has 1 N–H and O–H groups in total. The Bertz CT molecular complexity index is 2040. The summed E-state index contributed by atoms with van der Waals surface area (Å²) >= 11 is 0. The van der Waals surface area contributed by atoms with Gasteiger partial charge in [-0.15, -0.1) is 0 Å². The van der Waals surface area contributed by atoms with Gasteiger partial charge in [0.1, 0.15) is 13.2 Å². The molecule has 0 aliphatic rings. The van der Waals surface area contributed by atoms with Crippen molar-refractivity contribution in [1.82, 2.24) is 0 Å². The van der Waals surface area contributed by atoms with Gasteiger partial charge in [-0.25, -0.2) is 4.79 Å². The number of carbonyl (C=O) groups excluding carboxylic acids is 2. The number of ether oxygens (including phenoxy) is 4. The molecule has 0 rings (SSSR count). The molecule has 0 aliphatic heterocycles. The van der Waals surface area contributed by atoms with Crippen LogP contribution in [0.2, 0.25) is 0 Å². The van der Waals surface area contributed by atoms with E-state index >= 15 is 0 Å². The van der Waals surface area contributed by atoms with E-state index in [-0.39, 0.29) is 38.6 Å². The van der Waals surface area contributed by atoms with Crippen molar-refractivity contribution in [2.75, 3.05) is 47.5 Å². The molecule has 0 radical (unpaired) electrons. The number of aliphatic carboxylic acids is 1. The lowest BCUT2D eigenvalue weighted by Gasteiger charge is -2.25. The van der Waals surface area contributed by atoms with E-state index in [9.17, 15) is 19.5 Å². The molecule has 93 heavy (non-hydrogen) atoms. The first-order valence-electron chi connectivity index (χ1n) is 38.0. The molecular formula is C84H142NO8+. The first kappa shape index (κ1) is 88.2. The van der Waals surface area contributed by atoms with Gasteiger partial charge in [-0.2, -0.15) is 0 Å². The first-order chi connectivity index (χ1) is 45.6. The highest BCUT2D eigenvalue weighted by Crippen LogP contribution is 2.17. The number of carbonyl (C=O) groups is 3. The van der Waals surface area contributed by atoms with Crippen LogP contribution in [0.5, 0.6) is 0 Å². The van der Waals surface area contributed by atoms with Crippen LogP contribution in [0, 0.1) is 0 Å². The molecule has 0 bridgehead atoms. The van der Waals surface area contributed by atoms with Gasteiger partial charge in [-0.1, -0.05) is 320 Å². The van der Waals surface area contributed by atoms with Gasteiger partial charge in [0.05, 0.1) is 34.4 Å². The fourth-order valence-corrected chi connectivity index (χ4v) is 10.3. The van der Waals surface area contributed by atoms with Crippen molar-refractivity contribution in [2.45, 2.75) is 322 Å². The van der Waals surface area contributed by atoms with Crippen molar-refractivity contribution in [2.24, 2.45) is 0 Å². The molecule has 0 saturated heterocycles. The number of carboxylic acid groups (broad SMARTS) is 1. The molecule has 0 aromatic rings. The maximum atomic E-state index is 12.9. The molecule has 530 valence electrons. The van der Waals surface area contributed by atoms with Gasteiger partial charge < -0.3 is 28.5 Å². The lowest BCUT2D eigenvalue weighted by atomic mass is 10.0. The van der Waals surface area contributed by atoms with Crippen molar-refractivity contribution in [1.29, 1.82) is 0 Å². The predicted octanol–water partition coefficient (Wildman–Crippen LogP) is 24.3. The molecule has 9 nitrogen and oxygen atoms in total. The molecule has 2 unspecified atom stereocenters. The first-order valence-corrected chi connectivity index (χ1v) is 38.0. The van der Waals surface area contributed by atoms with Gasteiger partial charge in [0.15, 0.2) is 6.10 Å². The zero-order valence-electron chi connectivity index (χ0n) is 60.6. The van der Waals surface area contributed by atoms with E-state index in [1.165, 1.54) is 167 Å². The number of esters is 2. The summed E-state index contributed by atoms with van der Waals surface area (Å²) < 4.78 is 23.0. The zero-order chi connectivity index (χ0) is 67.5. The number of hydrogen-bond donors (Lipinski definition) is 1. The van der Waals surface area contributed by atoms with E-state index in [1.807, 2.05) is 21.1 Å². The Morgan fingerprint density at radius 2 is 0.613 bits per heavy atom.